The SMILES string of the molecule is C=C(Nc1cc(-c2ccccc2C(F)(F)F)nc2ccccc12)c1ccccc1NCCC. The van der Waals surface area contributed by atoms with Crippen molar-refractivity contribution in [3.8, 4) is 11.3 Å². The molecular weight excluding hydrogens is 423 g/mol. The number of nitrogens with one attached hydrogen (secondary N) is 2. The molecule has 4 rings (SSSR count). The van der Waals surface area contributed by atoms with Gasteiger partial charge in [0.15, 0.2) is 0 Å². The summed E-state index contributed by atoms with van der Waals surface area (Å²) >= 11 is 0. The zero-order valence-corrected chi connectivity index (χ0v) is 18.2. The van der Waals surface area contributed by atoms with E-state index in [9.17, 15) is 13.2 Å². The Labute approximate surface area is 191 Å². The van der Waals surface area contributed by atoms with Gasteiger partial charge in [-0.1, -0.05) is 68.1 Å². The largest absolute Gasteiger partial charge is 0.417 e. The Hall–Kier alpha value is -3.80. The molecule has 0 saturated carbocycles. The molecule has 3 aromatic carbocycles. The summed E-state index contributed by atoms with van der Waals surface area (Å²) in [5.41, 5.74) is 3.28. The Morgan fingerprint density at radius 2 is 1.61 bits per heavy atom. The second-order valence-corrected chi connectivity index (χ2v) is 7.69. The lowest BCUT2D eigenvalue weighted by atomic mass is 10.0. The van der Waals surface area contributed by atoms with E-state index in [4.69, 9.17) is 0 Å². The average molecular weight is 448 g/mol. The Balaban J connectivity index is 1.80. The number of aromatic nitrogens is 1. The van der Waals surface area contributed by atoms with Crippen molar-refractivity contribution in [2.75, 3.05) is 17.2 Å². The molecule has 0 saturated heterocycles. The molecule has 0 bridgehead atoms. The maximum Gasteiger partial charge on any atom is 0.417 e. The van der Waals surface area contributed by atoms with E-state index >= 15 is 0 Å². The van der Waals surface area contributed by atoms with Crippen molar-refractivity contribution in [2.45, 2.75) is 19.5 Å². The molecule has 6 heteroatoms. The van der Waals surface area contributed by atoms with Crippen LogP contribution >= 0.6 is 0 Å². The number of para-hydroxylation sites is 2. The average Bonchev–Trinajstić information content (AvgIpc) is 2.82. The summed E-state index contributed by atoms with van der Waals surface area (Å²) in [5, 5.41) is 7.52. The predicted octanol–water partition coefficient (Wildman–Crippen LogP) is 7.83. The fourth-order valence-electron chi connectivity index (χ4n) is 3.76. The fourth-order valence-corrected chi connectivity index (χ4v) is 3.76. The highest BCUT2D eigenvalue weighted by Crippen LogP contribution is 2.38. The molecule has 168 valence electrons. The van der Waals surface area contributed by atoms with Gasteiger partial charge in [0.1, 0.15) is 0 Å². The Kier molecular flexibility index (Phi) is 6.36. The zero-order valence-electron chi connectivity index (χ0n) is 18.2. The van der Waals surface area contributed by atoms with E-state index in [2.05, 4.69) is 29.1 Å². The second kappa shape index (κ2) is 9.36. The van der Waals surface area contributed by atoms with Crippen LogP contribution in [-0.2, 0) is 6.18 Å². The monoisotopic (exact) mass is 447 g/mol. The van der Waals surface area contributed by atoms with E-state index < -0.39 is 11.7 Å². The third-order valence-electron chi connectivity index (χ3n) is 5.33. The Morgan fingerprint density at radius 3 is 2.39 bits per heavy atom. The summed E-state index contributed by atoms with van der Waals surface area (Å²) < 4.78 is 41.0. The molecule has 0 spiro atoms. The second-order valence-electron chi connectivity index (χ2n) is 7.69. The van der Waals surface area contributed by atoms with Crippen molar-refractivity contribution in [1.29, 1.82) is 0 Å². The van der Waals surface area contributed by atoms with Crippen LogP contribution in [0.25, 0.3) is 27.9 Å². The lowest BCUT2D eigenvalue weighted by Gasteiger charge is -2.18. The number of nitrogens with zero attached hydrogens (tertiary/aromatic N) is 1. The molecule has 0 unspecified atom stereocenters. The minimum Gasteiger partial charge on any atom is -0.385 e. The maximum atomic E-state index is 13.7. The first-order valence-corrected chi connectivity index (χ1v) is 10.7. The minimum atomic E-state index is -4.48. The molecule has 0 amide bonds. The van der Waals surface area contributed by atoms with Gasteiger partial charge >= 0.3 is 6.18 Å². The normalized spacial score (nSPS) is 11.4. The molecule has 0 fully saturated rings. The summed E-state index contributed by atoms with van der Waals surface area (Å²) in [6, 6.07) is 22.3. The molecule has 0 aliphatic heterocycles. The van der Waals surface area contributed by atoms with Crippen molar-refractivity contribution >= 4 is 28.0 Å². The molecule has 33 heavy (non-hydrogen) atoms. The molecule has 1 aromatic heterocycles. The Bertz CT molecular complexity index is 1300. The number of hydrogen-bond acceptors (Lipinski definition) is 3. The third kappa shape index (κ3) is 4.85. The number of benzene rings is 3. The van der Waals surface area contributed by atoms with Crippen LogP contribution in [0, 0.1) is 0 Å². The van der Waals surface area contributed by atoms with Crippen molar-refractivity contribution in [3.05, 3.63) is 96.6 Å². The number of rotatable bonds is 7. The van der Waals surface area contributed by atoms with Gasteiger partial charge < -0.3 is 10.6 Å². The quantitative estimate of drug-likeness (QED) is 0.303. The van der Waals surface area contributed by atoms with E-state index in [-0.39, 0.29) is 11.3 Å². The topological polar surface area (TPSA) is 37.0 Å². The van der Waals surface area contributed by atoms with E-state index in [0.29, 0.717) is 16.9 Å². The molecule has 0 atom stereocenters. The van der Waals surface area contributed by atoms with Crippen LogP contribution in [0.1, 0.15) is 24.5 Å². The summed E-state index contributed by atoms with van der Waals surface area (Å²) in [6.07, 6.45) is -3.50. The van der Waals surface area contributed by atoms with Gasteiger partial charge in [-0.15, -0.1) is 0 Å². The zero-order chi connectivity index (χ0) is 23.4. The molecule has 3 nitrogen and oxygen atoms in total. The summed E-state index contributed by atoms with van der Waals surface area (Å²) in [6.45, 7) is 7.11. The van der Waals surface area contributed by atoms with E-state index in [1.165, 1.54) is 12.1 Å². The number of pyridine rings is 1. The molecule has 0 aliphatic carbocycles. The number of halogens is 3. The van der Waals surface area contributed by atoms with Crippen LogP contribution in [0.3, 0.4) is 0 Å². The number of anilines is 2. The van der Waals surface area contributed by atoms with Crippen LogP contribution in [0.15, 0.2) is 85.4 Å². The van der Waals surface area contributed by atoms with Crippen LogP contribution in [-0.4, -0.2) is 11.5 Å². The lowest BCUT2D eigenvalue weighted by Crippen LogP contribution is -2.08. The summed E-state index contributed by atoms with van der Waals surface area (Å²) in [5.74, 6) is 0. The molecular formula is C27H24F3N3. The highest BCUT2D eigenvalue weighted by atomic mass is 19.4. The molecule has 0 radical (unpaired) electrons. The first-order valence-electron chi connectivity index (χ1n) is 10.7. The molecule has 4 aromatic rings. The van der Waals surface area contributed by atoms with Gasteiger partial charge in [-0.3, -0.25) is 0 Å². The van der Waals surface area contributed by atoms with Crippen LogP contribution in [0.5, 0.6) is 0 Å². The number of hydrogen-bond donors (Lipinski definition) is 2. The number of fused-ring (bicyclic) bond motifs is 1. The van der Waals surface area contributed by atoms with Crippen molar-refractivity contribution in [2.24, 2.45) is 0 Å². The van der Waals surface area contributed by atoms with Gasteiger partial charge in [-0.25, -0.2) is 4.98 Å². The first kappa shape index (κ1) is 22.4. The third-order valence-corrected chi connectivity index (χ3v) is 5.33. The molecule has 1 heterocycles. The predicted molar refractivity (Wildman–Crippen MR) is 130 cm³/mol. The minimum absolute atomic E-state index is 0.0365. The van der Waals surface area contributed by atoms with Crippen molar-refractivity contribution in [3.63, 3.8) is 0 Å². The lowest BCUT2D eigenvalue weighted by molar-refractivity contribution is -0.137. The Morgan fingerprint density at radius 1 is 0.909 bits per heavy atom. The van der Waals surface area contributed by atoms with E-state index in [1.54, 1.807) is 18.2 Å². The molecule has 2 N–H and O–H groups in total. The standard InChI is InChI=1S/C27H24F3N3/c1-3-16-31-23-14-8-5-10-19(23)18(2)32-26-17-25(33-24-15-9-6-12-21(24)26)20-11-4-7-13-22(20)27(28,29)30/h4-15,17,31H,2-3,16H2,1H3,(H,32,33). The van der Waals surface area contributed by atoms with Crippen molar-refractivity contribution < 1.29 is 13.2 Å². The number of alkyl halides is 3. The van der Waals surface area contributed by atoms with Gasteiger partial charge in [-0.2, -0.15) is 13.2 Å². The van der Waals surface area contributed by atoms with Crippen molar-refractivity contribution in [1.82, 2.24) is 4.98 Å². The molecule has 0 aliphatic rings. The van der Waals surface area contributed by atoms with Gasteiger partial charge in [0, 0.05) is 34.4 Å². The van der Waals surface area contributed by atoms with Gasteiger partial charge in [0.2, 0.25) is 0 Å². The van der Waals surface area contributed by atoms with Gasteiger partial charge in [0.25, 0.3) is 0 Å². The fraction of sp³-hybridized carbons (Fsp3) is 0.148. The van der Waals surface area contributed by atoms with Gasteiger partial charge in [-0.05, 0) is 30.7 Å². The summed E-state index contributed by atoms with van der Waals surface area (Å²) in [4.78, 5) is 4.54. The highest BCUT2D eigenvalue weighted by molar-refractivity contribution is 5.98. The van der Waals surface area contributed by atoms with Crippen LogP contribution in [0.4, 0.5) is 24.5 Å². The maximum absolute atomic E-state index is 13.7. The van der Waals surface area contributed by atoms with Crippen LogP contribution < -0.4 is 10.6 Å². The highest BCUT2D eigenvalue weighted by Gasteiger charge is 2.33. The van der Waals surface area contributed by atoms with E-state index in [0.717, 1.165) is 35.7 Å². The van der Waals surface area contributed by atoms with E-state index in [1.807, 2.05) is 42.5 Å². The summed E-state index contributed by atoms with van der Waals surface area (Å²) in [7, 11) is 0. The first-order chi connectivity index (χ1) is 15.9. The smallest absolute Gasteiger partial charge is 0.385 e. The van der Waals surface area contributed by atoms with Crippen LogP contribution in [0.2, 0.25) is 0 Å². The van der Waals surface area contributed by atoms with Gasteiger partial charge in [0.05, 0.1) is 22.5 Å².